The fraction of sp³-hybridized carbons (Fsp3) is 0.333. The Bertz CT molecular complexity index is 461. The van der Waals surface area contributed by atoms with Crippen molar-refractivity contribution in [3.8, 4) is 0 Å². The van der Waals surface area contributed by atoms with Gasteiger partial charge in [0.1, 0.15) is 0 Å². The minimum atomic E-state index is -1.45. The van der Waals surface area contributed by atoms with Gasteiger partial charge in [-0.3, -0.25) is 4.79 Å². The lowest BCUT2D eigenvalue weighted by atomic mass is 10.1. The molecule has 98 valence electrons. The van der Waals surface area contributed by atoms with Crippen LogP contribution in [0.15, 0.2) is 22.7 Å². The van der Waals surface area contributed by atoms with Gasteiger partial charge in [0.05, 0.1) is 5.56 Å². The average Bonchev–Trinajstić information content (AvgIpc) is 2.32. The molecule has 1 amide bonds. The lowest BCUT2D eigenvalue weighted by Gasteiger charge is -2.09. The number of aliphatic hydroxyl groups excluding tert-OH is 1. The Balaban J connectivity index is 2.56. The minimum absolute atomic E-state index is 0.0233. The van der Waals surface area contributed by atoms with Gasteiger partial charge in [-0.2, -0.15) is 0 Å². The Morgan fingerprint density at radius 2 is 2.11 bits per heavy atom. The zero-order chi connectivity index (χ0) is 13.7. The fourth-order valence-corrected chi connectivity index (χ4v) is 1.81. The van der Waals surface area contributed by atoms with E-state index in [1.54, 1.807) is 12.1 Å². The van der Waals surface area contributed by atoms with Crippen molar-refractivity contribution in [1.82, 2.24) is 5.32 Å². The molecular weight excluding hydrogens is 302 g/mol. The van der Waals surface area contributed by atoms with E-state index in [-0.39, 0.29) is 18.9 Å². The van der Waals surface area contributed by atoms with Crippen molar-refractivity contribution in [2.45, 2.75) is 19.4 Å². The summed E-state index contributed by atoms with van der Waals surface area (Å²) in [7, 11) is 0. The van der Waals surface area contributed by atoms with E-state index < -0.39 is 12.1 Å². The van der Waals surface area contributed by atoms with Gasteiger partial charge in [-0.05, 0) is 34.5 Å². The highest BCUT2D eigenvalue weighted by atomic mass is 79.9. The monoisotopic (exact) mass is 315 g/mol. The normalized spacial score (nSPS) is 11.9. The third kappa shape index (κ3) is 3.82. The molecule has 1 atom stereocenters. The van der Waals surface area contributed by atoms with Crippen molar-refractivity contribution in [1.29, 1.82) is 0 Å². The smallest absolute Gasteiger partial charge is 0.332 e. The molecule has 0 aliphatic heterocycles. The summed E-state index contributed by atoms with van der Waals surface area (Å²) in [6.45, 7) is 1.97. The molecule has 0 fully saturated rings. The van der Waals surface area contributed by atoms with Gasteiger partial charge in [0, 0.05) is 17.4 Å². The predicted octanol–water partition coefficient (Wildman–Crippen LogP) is 1.32. The van der Waals surface area contributed by atoms with Crippen LogP contribution in [0.2, 0.25) is 0 Å². The van der Waals surface area contributed by atoms with Gasteiger partial charge < -0.3 is 15.5 Å². The van der Waals surface area contributed by atoms with Gasteiger partial charge in [0.2, 0.25) is 0 Å². The van der Waals surface area contributed by atoms with E-state index in [9.17, 15) is 9.59 Å². The van der Waals surface area contributed by atoms with Crippen LogP contribution in [0.5, 0.6) is 0 Å². The third-order valence-electron chi connectivity index (χ3n) is 2.42. The number of rotatable bonds is 5. The zero-order valence-corrected chi connectivity index (χ0v) is 11.4. The molecule has 6 heteroatoms. The summed E-state index contributed by atoms with van der Waals surface area (Å²) in [5.74, 6) is -1.59. The number of amides is 1. The Kier molecular flexibility index (Phi) is 5.30. The van der Waals surface area contributed by atoms with Crippen LogP contribution >= 0.6 is 15.9 Å². The standard InChI is InChI=1S/C12H14BrNO4/c1-7-3-2-4-8(10(7)13)11(16)14-6-5-9(15)12(17)18/h2-4,9,15H,5-6H2,1H3,(H,14,16)(H,17,18). The van der Waals surface area contributed by atoms with Crippen molar-refractivity contribution in [2.75, 3.05) is 6.54 Å². The van der Waals surface area contributed by atoms with E-state index in [0.29, 0.717) is 10.0 Å². The number of carboxylic acid groups (broad SMARTS) is 1. The summed E-state index contributed by atoms with van der Waals surface area (Å²) in [4.78, 5) is 22.2. The molecule has 3 N–H and O–H groups in total. The Morgan fingerprint density at radius 1 is 1.44 bits per heavy atom. The molecule has 0 saturated carbocycles. The van der Waals surface area contributed by atoms with E-state index in [2.05, 4.69) is 21.2 Å². The SMILES string of the molecule is Cc1cccc(C(=O)NCCC(O)C(=O)O)c1Br. The number of aryl methyl sites for hydroxylation is 1. The van der Waals surface area contributed by atoms with Crippen LogP contribution < -0.4 is 5.32 Å². The van der Waals surface area contributed by atoms with E-state index in [4.69, 9.17) is 10.2 Å². The lowest BCUT2D eigenvalue weighted by Crippen LogP contribution is -2.30. The summed E-state index contributed by atoms with van der Waals surface area (Å²) in [5, 5.41) is 20.1. The first-order chi connectivity index (χ1) is 8.43. The summed E-state index contributed by atoms with van der Waals surface area (Å²) in [6.07, 6.45) is -1.48. The molecule has 0 saturated heterocycles. The first kappa shape index (κ1) is 14.7. The number of aliphatic carboxylic acids is 1. The first-order valence-corrected chi connectivity index (χ1v) is 6.17. The quantitative estimate of drug-likeness (QED) is 0.765. The molecule has 0 aliphatic carbocycles. The highest BCUT2D eigenvalue weighted by Gasteiger charge is 2.14. The molecule has 0 bridgehead atoms. The van der Waals surface area contributed by atoms with Crippen LogP contribution in [0.4, 0.5) is 0 Å². The largest absolute Gasteiger partial charge is 0.479 e. The van der Waals surface area contributed by atoms with E-state index in [0.717, 1.165) is 5.56 Å². The number of carbonyl (C=O) groups is 2. The topological polar surface area (TPSA) is 86.6 Å². The second-order valence-corrected chi connectivity index (χ2v) is 4.63. The molecule has 1 unspecified atom stereocenters. The highest BCUT2D eigenvalue weighted by molar-refractivity contribution is 9.10. The van der Waals surface area contributed by atoms with Gasteiger partial charge in [-0.1, -0.05) is 12.1 Å². The summed E-state index contributed by atoms with van der Waals surface area (Å²) >= 11 is 3.32. The number of hydrogen-bond donors (Lipinski definition) is 3. The number of benzene rings is 1. The predicted molar refractivity (Wildman–Crippen MR) is 69.5 cm³/mol. The molecule has 0 aromatic heterocycles. The minimum Gasteiger partial charge on any atom is -0.479 e. The van der Waals surface area contributed by atoms with Crippen LogP contribution in [0.3, 0.4) is 0 Å². The van der Waals surface area contributed by atoms with Crippen LogP contribution in [0.1, 0.15) is 22.3 Å². The van der Waals surface area contributed by atoms with Crippen LogP contribution in [0, 0.1) is 6.92 Å². The molecule has 1 rings (SSSR count). The first-order valence-electron chi connectivity index (χ1n) is 5.37. The Labute approximate surface area is 113 Å². The van der Waals surface area contributed by atoms with Gasteiger partial charge >= 0.3 is 5.97 Å². The maximum atomic E-state index is 11.8. The third-order valence-corrected chi connectivity index (χ3v) is 3.48. The van der Waals surface area contributed by atoms with Gasteiger partial charge in [0.25, 0.3) is 5.91 Å². The average molecular weight is 316 g/mol. The number of hydrogen-bond acceptors (Lipinski definition) is 3. The van der Waals surface area contributed by atoms with Crippen molar-refractivity contribution < 1.29 is 19.8 Å². The molecule has 1 aromatic rings. The van der Waals surface area contributed by atoms with Crippen molar-refractivity contribution in [3.63, 3.8) is 0 Å². The second-order valence-electron chi connectivity index (χ2n) is 3.84. The Morgan fingerprint density at radius 3 is 2.72 bits per heavy atom. The maximum absolute atomic E-state index is 11.8. The zero-order valence-electron chi connectivity index (χ0n) is 9.81. The van der Waals surface area contributed by atoms with Crippen LogP contribution in [0.25, 0.3) is 0 Å². The van der Waals surface area contributed by atoms with Crippen LogP contribution in [-0.4, -0.2) is 34.7 Å². The number of carbonyl (C=O) groups excluding carboxylic acids is 1. The number of carboxylic acids is 1. The van der Waals surface area contributed by atoms with Crippen molar-refractivity contribution in [3.05, 3.63) is 33.8 Å². The van der Waals surface area contributed by atoms with E-state index in [1.807, 2.05) is 13.0 Å². The fourth-order valence-electron chi connectivity index (χ4n) is 1.36. The molecule has 5 nitrogen and oxygen atoms in total. The second kappa shape index (κ2) is 6.51. The Hall–Kier alpha value is -1.40. The van der Waals surface area contributed by atoms with Gasteiger partial charge in [-0.25, -0.2) is 4.79 Å². The molecule has 0 aliphatic rings. The maximum Gasteiger partial charge on any atom is 0.332 e. The number of nitrogens with one attached hydrogen (secondary N) is 1. The molecular formula is C12H14BrNO4. The van der Waals surface area contributed by atoms with Crippen LogP contribution in [-0.2, 0) is 4.79 Å². The summed E-state index contributed by atoms with van der Waals surface area (Å²) in [6, 6.07) is 5.30. The van der Waals surface area contributed by atoms with E-state index in [1.165, 1.54) is 0 Å². The molecule has 0 radical (unpaired) electrons. The molecule has 0 spiro atoms. The molecule has 1 aromatic carbocycles. The highest BCUT2D eigenvalue weighted by Crippen LogP contribution is 2.20. The lowest BCUT2D eigenvalue weighted by molar-refractivity contribution is -0.146. The number of halogens is 1. The summed E-state index contributed by atoms with van der Waals surface area (Å²) < 4.78 is 0.710. The molecule has 18 heavy (non-hydrogen) atoms. The van der Waals surface area contributed by atoms with Gasteiger partial charge in [0.15, 0.2) is 6.10 Å². The van der Waals surface area contributed by atoms with Gasteiger partial charge in [-0.15, -0.1) is 0 Å². The number of aliphatic hydroxyl groups is 1. The van der Waals surface area contributed by atoms with Crippen molar-refractivity contribution >= 4 is 27.8 Å². The van der Waals surface area contributed by atoms with E-state index >= 15 is 0 Å². The van der Waals surface area contributed by atoms with Crippen molar-refractivity contribution in [2.24, 2.45) is 0 Å². The molecule has 0 heterocycles. The summed E-state index contributed by atoms with van der Waals surface area (Å²) in [5.41, 5.74) is 1.42.